The largest absolute Gasteiger partial charge is 0.481 e. The van der Waals surface area contributed by atoms with Crippen LogP contribution in [0.5, 0.6) is 0 Å². The zero-order valence-electron chi connectivity index (χ0n) is 11.2. The Morgan fingerprint density at radius 2 is 2.16 bits per heavy atom. The highest BCUT2D eigenvalue weighted by molar-refractivity contribution is 5.75. The summed E-state index contributed by atoms with van der Waals surface area (Å²) in [6.45, 7) is 1.42. The van der Waals surface area contributed by atoms with E-state index in [1.807, 2.05) is 12.1 Å². The van der Waals surface area contributed by atoms with Gasteiger partial charge in [0.25, 0.3) is 0 Å². The van der Waals surface area contributed by atoms with Gasteiger partial charge < -0.3 is 9.52 Å². The molecule has 3 rings (SSSR count). The average molecular weight is 263 g/mol. The monoisotopic (exact) mass is 263 g/mol. The van der Waals surface area contributed by atoms with Gasteiger partial charge in [0.1, 0.15) is 5.76 Å². The van der Waals surface area contributed by atoms with Gasteiger partial charge in [0, 0.05) is 12.6 Å². The molecular weight excluding hydrogens is 242 g/mol. The molecule has 2 saturated carbocycles. The van der Waals surface area contributed by atoms with Crippen LogP contribution in [0.3, 0.4) is 0 Å². The van der Waals surface area contributed by atoms with Crippen molar-refractivity contribution in [3.05, 3.63) is 24.2 Å². The normalized spacial score (nSPS) is 21.9. The Kier molecular flexibility index (Phi) is 3.35. The Morgan fingerprint density at radius 1 is 1.42 bits per heavy atom. The Morgan fingerprint density at radius 3 is 2.68 bits per heavy atom. The number of aliphatic carboxylic acids is 1. The van der Waals surface area contributed by atoms with Crippen LogP contribution in [0.2, 0.25) is 0 Å². The second kappa shape index (κ2) is 5.00. The van der Waals surface area contributed by atoms with Crippen molar-refractivity contribution in [1.82, 2.24) is 4.90 Å². The molecule has 0 bridgehead atoms. The number of carboxylic acids is 1. The minimum Gasteiger partial charge on any atom is -0.481 e. The van der Waals surface area contributed by atoms with Crippen molar-refractivity contribution in [1.29, 1.82) is 0 Å². The van der Waals surface area contributed by atoms with Crippen molar-refractivity contribution < 1.29 is 14.3 Å². The predicted molar refractivity (Wildman–Crippen MR) is 70.7 cm³/mol. The summed E-state index contributed by atoms with van der Waals surface area (Å²) in [5.74, 6) is 0.320. The number of nitrogens with zero attached hydrogens (tertiary/aromatic N) is 1. The van der Waals surface area contributed by atoms with Gasteiger partial charge in [-0.15, -0.1) is 0 Å². The van der Waals surface area contributed by atoms with Crippen molar-refractivity contribution in [3.8, 4) is 0 Å². The molecule has 2 aliphatic carbocycles. The van der Waals surface area contributed by atoms with Crippen LogP contribution in [0.15, 0.2) is 22.8 Å². The fraction of sp³-hybridized carbons (Fsp3) is 0.667. The summed E-state index contributed by atoms with van der Waals surface area (Å²) in [6, 6.07) is 4.42. The standard InChI is InChI=1S/C15H21NO3/c17-14(18)15(7-1-2-8-15)11-16(12-5-6-12)10-13-4-3-9-19-13/h3-4,9,12H,1-2,5-8,10-11H2,(H,17,18). The van der Waals surface area contributed by atoms with Gasteiger partial charge in [0.15, 0.2) is 0 Å². The van der Waals surface area contributed by atoms with Gasteiger partial charge in [-0.2, -0.15) is 0 Å². The predicted octanol–water partition coefficient (Wildman–Crippen LogP) is 2.89. The molecule has 0 saturated heterocycles. The lowest BCUT2D eigenvalue weighted by atomic mass is 9.85. The number of rotatable bonds is 6. The van der Waals surface area contributed by atoms with E-state index in [-0.39, 0.29) is 0 Å². The Hall–Kier alpha value is -1.29. The number of carbonyl (C=O) groups is 1. The zero-order chi connectivity index (χ0) is 13.3. The molecule has 104 valence electrons. The number of hydrogen-bond acceptors (Lipinski definition) is 3. The minimum atomic E-state index is -0.616. The first kappa shape index (κ1) is 12.7. The van der Waals surface area contributed by atoms with E-state index in [2.05, 4.69) is 4.90 Å². The summed E-state index contributed by atoms with van der Waals surface area (Å²) in [4.78, 5) is 14.0. The molecule has 0 spiro atoms. The van der Waals surface area contributed by atoms with Crippen molar-refractivity contribution in [2.75, 3.05) is 6.54 Å². The molecule has 0 radical (unpaired) electrons. The van der Waals surface area contributed by atoms with Crippen LogP contribution in [0, 0.1) is 5.41 Å². The zero-order valence-corrected chi connectivity index (χ0v) is 11.2. The maximum atomic E-state index is 11.7. The van der Waals surface area contributed by atoms with Gasteiger partial charge in [-0.05, 0) is 37.8 Å². The molecule has 1 N–H and O–H groups in total. The van der Waals surface area contributed by atoms with Gasteiger partial charge in [-0.25, -0.2) is 0 Å². The van der Waals surface area contributed by atoms with E-state index < -0.39 is 11.4 Å². The van der Waals surface area contributed by atoms with E-state index in [1.165, 1.54) is 12.8 Å². The molecule has 0 atom stereocenters. The second-order valence-electron chi connectivity index (χ2n) is 6.01. The Bertz CT molecular complexity index is 430. The highest BCUT2D eigenvalue weighted by Crippen LogP contribution is 2.41. The quantitative estimate of drug-likeness (QED) is 0.857. The lowest BCUT2D eigenvalue weighted by Crippen LogP contribution is -2.42. The molecule has 4 nitrogen and oxygen atoms in total. The van der Waals surface area contributed by atoms with Gasteiger partial charge in [0.2, 0.25) is 0 Å². The van der Waals surface area contributed by atoms with Gasteiger partial charge in [-0.3, -0.25) is 9.69 Å². The number of furan rings is 1. The van der Waals surface area contributed by atoms with E-state index in [1.54, 1.807) is 6.26 Å². The fourth-order valence-electron chi connectivity index (χ4n) is 3.24. The van der Waals surface area contributed by atoms with Gasteiger partial charge in [0.05, 0.1) is 18.2 Å². The maximum Gasteiger partial charge on any atom is 0.310 e. The van der Waals surface area contributed by atoms with Crippen LogP contribution in [-0.4, -0.2) is 28.6 Å². The molecule has 0 aliphatic heterocycles. The smallest absolute Gasteiger partial charge is 0.310 e. The summed E-state index contributed by atoms with van der Waals surface area (Å²) in [6.07, 6.45) is 7.81. The van der Waals surface area contributed by atoms with Crippen molar-refractivity contribution in [2.45, 2.75) is 51.1 Å². The summed E-state index contributed by atoms with van der Waals surface area (Å²) in [5, 5.41) is 9.59. The first-order valence-electron chi connectivity index (χ1n) is 7.19. The highest BCUT2D eigenvalue weighted by atomic mass is 16.4. The SMILES string of the molecule is O=C(O)C1(CN(Cc2ccco2)C2CC2)CCCC1. The summed E-state index contributed by atoms with van der Waals surface area (Å²) < 4.78 is 5.41. The first-order chi connectivity index (χ1) is 9.20. The van der Waals surface area contributed by atoms with E-state index in [9.17, 15) is 9.90 Å². The third-order valence-electron chi connectivity index (χ3n) is 4.52. The molecule has 1 aromatic rings. The lowest BCUT2D eigenvalue weighted by molar-refractivity contribution is -0.150. The number of carboxylic acid groups (broad SMARTS) is 1. The Labute approximate surface area is 113 Å². The van der Waals surface area contributed by atoms with E-state index in [4.69, 9.17) is 4.42 Å². The van der Waals surface area contributed by atoms with Crippen LogP contribution in [0.1, 0.15) is 44.3 Å². The number of hydrogen-bond donors (Lipinski definition) is 1. The molecule has 1 aromatic heterocycles. The second-order valence-corrected chi connectivity index (χ2v) is 6.01. The van der Waals surface area contributed by atoms with Crippen LogP contribution in [-0.2, 0) is 11.3 Å². The molecule has 2 aliphatic rings. The molecule has 1 heterocycles. The molecular formula is C15H21NO3. The molecule has 19 heavy (non-hydrogen) atoms. The third-order valence-corrected chi connectivity index (χ3v) is 4.52. The topological polar surface area (TPSA) is 53.7 Å². The molecule has 0 aromatic carbocycles. The summed E-state index contributed by atoms with van der Waals surface area (Å²) in [7, 11) is 0. The Balaban J connectivity index is 1.71. The van der Waals surface area contributed by atoms with E-state index >= 15 is 0 Å². The van der Waals surface area contributed by atoms with Crippen LogP contribution in [0.25, 0.3) is 0 Å². The van der Waals surface area contributed by atoms with Crippen molar-refractivity contribution in [2.24, 2.45) is 5.41 Å². The molecule has 0 amide bonds. The molecule has 4 heteroatoms. The van der Waals surface area contributed by atoms with Crippen LogP contribution < -0.4 is 0 Å². The van der Waals surface area contributed by atoms with Crippen LogP contribution >= 0.6 is 0 Å². The summed E-state index contributed by atoms with van der Waals surface area (Å²) >= 11 is 0. The lowest BCUT2D eigenvalue weighted by Gasteiger charge is -2.31. The molecule has 2 fully saturated rings. The minimum absolute atomic E-state index is 0.519. The third kappa shape index (κ3) is 2.68. The van der Waals surface area contributed by atoms with E-state index in [0.29, 0.717) is 12.6 Å². The summed E-state index contributed by atoms with van der Waals surface area (Å²) in [5.41, 5.74) is -0.519. The van der Waals surface area contributed by atoms with Crippen molar-refractivity contribution >= 4 is 5.97 Å². The van der Waals surface area contributed by atoms with E-state index in [0.717, 1.165) is 38.0 Å². The maximum absolute atomic E-state index is 11.7. The average Bonchev–Trinajstić information content (AvgIpc) is 2.90. The van der Waals surface area contributed by atoms with Crippen LogP contribution in [0.4, 0.5) is 0 Å². The first-order valence-corrected chi connectivity index (χ1v) is 7.19. The van der Waals surface area contributed by atoms with Gasteiger partial charge in [-0.1, -0.05) is 12.8 Å². The van der Waals surface area contributed by atoms with Gasteiger partial charge >= 0.3 is 5.97 Å². The fourth-order valence-corrected chi connectivity index (χ4v) is 3.24. The molecule has 0 unspecified atom stereocenters. The highest BCUT2D eigenvalue weighted by Gasteiger charge is 2.45. The van der Waals surface area contributed by atoms with Crippen molar-refractivity contribution in [3.63, 3.8) is 0 Å².